The molecule has 5 nitrogen and oxygen atoms in total. The quantitative estimate of drug-likeness (QED) is 0.273. The van der Waals surface area contributed by atoms with Crippen molar-refractivity contribution in [1.82, 2.24) is 5.25 Å². The normalized spacial score (nSPS) is 10.6. The van der Waals surface area contributed by atoms with Gasteiger partial charge in [0.2, 0.25) is 6.79 Å². The number of esters is 1. The number of ether oxygens (including phenoxy) is 2. The van der Waals surface area contributed by atoms with E-state index in [0.29, 0.717) is 18.8 Å². The van der Waals surface area contributed by atoms with Gasteiger partial charge < -0.3 is 9.47 Å². The van der Waals surface area contributed by atoms with E-state index in [1.165, 1.54) is 0 Å². The van der Waals surface area contributed by atoms with Crippen LogP contribution in [0.3, 0.4) is 0 Å². The maximum atomic E-state index is 11.8. The number of rotatable bonds is 7. The Balaban J connectivity index is 2.66. The highest BCUT2D eigenvalue weighted by Gasteiger charge is 2.14. The first-order valence-electron chi connectivity index (χ1n) is 5.27. The number of carbonyl (C=O) groups excluding carboxylic acids is 1. The second-order valence-electron chi connectivity index (χ2n) is 3.54. The fourth-order valence-corrected chi connectivity index (χ4v) is 1.45. The predicted molar refractivity (Wildman–Crippen MR) is 71.0 cm³/mol. The lowest BCUT2D eigenvalue weighted by Gasteiger charge is -2.12. The molecule has 1 aromatic carbocycles. The van der Waals surface area contributed by atoms with E-state index in [-0.39, 0.29) is 12.9 Å². The Hall–Kier alpha value is -1.07. The molecule has 0 aliphatic heterocycles. The number of hydrogen-bond donors (Lipinski definition) is 1. The van der Waals surface area contributed by atoms with Crippen molar-refractivity contribution in [2.24, 2.45) is 0 Å². The molecule has 0 aromatic heterocycles. The summed E-state index contributed by atoms with van der Waals surface area (Å²) in [5, 5.41) is 2.45. The van der Waals surface area contributed by atoms with Crippen molar-refractivity contribution in [3.05, 3.63) is 29.8 Å². The molecule has 0 fully saturated rings. The Morgan fingerprint density at radius 2 is 2.17 bits per heavy atom. The van der Waals surface area contributed by atoms with Gasteiger partial charge in [0, 0.05) is 0 Å². The molecular weight excluding hydrogens is 273 g/mol. The summed E-state index contributed by atoms with van der Waals surface area (Å²) >= 11 is 4.60. The van der Waals surface area contributed by atoms with Gasteiger partial charge in [-0.25, -0.2) is 4.79 Å². The van der Waals surface area contributed by atoms with Gasteiger partial charge in [0.05, 0.1) is 13.6 Å². The first-order valence-corrected chi connectivity index (χ1v) is 7.18. The van der Waals surface area contributed by atoms with Crippen LogP contribution in [0.5, 0.6) is 5.75 Å². The van der Waals surface area contributed by atoms with Gasteiger partial charge in [-0.1, -0.05) is 12.1 Å². The molecule has 1 aromatic rings. The number of para-hydroxylation sites is 1. The van der Waals surface area contributed by atoms with Gasteiger partial charge in [-0.3, -0.25) is 4.84 Å². The molecule has 7 heteroatoms. The van der Waals surface area contributed by atoms with Crippen LogP contribution in [0.4, 0.5) is 0 Å². The SMILES string of the molecule is CC(C)OC(=O)c1ccccc1OCONP=S. The summed E-state index contributed by atoms with van der Waals surface area (Å²) in [6, 6.07) is 6.81. The topological polar surface area (TPSA) is 56.8 Å². The van der Waals surface area contributed by atoms with E-state index >= 15 is 0 Å². The number of nitrogens with one attached hydrogen (secondary N) is 1. The van der Waals surface area contributed by atoms with Gasteiger partial charge >= 0.3 is 5.97 Å². The maximum absolute atomic E-state index is 11.8. The number of hydrogen-bond acceptors (Lipinski definition) is 5. The van der Waals surface area contributed by atoms with Gasteiger partial charge in [-0.05, 0) is 37.8 Å². The largest absolute Gasteiger partial charge is 0.465 e. The minimum absolute atomic E-state index is 0.0460. The van der Waals surface area contributed by atoms with Crippen LogP contribution in [-0.2, 0) is 21.4 Å². The molecule has 0 saturated carbocycles. The average molecular weight is 287 g/mol. The summed E-state index contributed by atoms with van der Waals surface area (Å²) in [5.74, 6) is -0.0130. The highest BCUT2D eigenvalue weighted by atomic mass is 32.4. The second kappa shape index (κ2) is 8.11. The van der Waals surface area contributed by atoms with Gasteiger partial charge in [-0.15, -0.1) is 5.25 Å². The van der Waals surface area contributed by atoms with Crippen molar-refractivity contribution in [1.29, 1.82) is 0 Å². The molecule has 0 amide bonds. The standard InChI is InChI=1S/C11H14NO4PS/c1-8(2)16-11(13)9-5-3-4-6-10(9)14-7-15-12-17-18/h3-6,8H,7H2,1-2H3,(H,12,18). The smallest absolute Gasteiger partial charge is 0.342 e. The molecule has 0 bridgehead atoms. The van der Waals surface area contributed by atoms with E-state index in [4.69, 9.17) is 14.3 Å². The van der Waals surface area contributed by atoms with E-state index in [0.717, 1.165) is 0 Å². The van der Waals surface area contributed by atoms with Crippen molar-refractivity contribution in [3.8, 4) is 5.75 Å². The molecule has 0 heterocycles. The molecule has 0 spiro atoms. The molecule has 0 saturated heterocycles. The van der Waals surface area contributed by atoms with Gasteiger partial charge in [0.25, 0.3) is 0 Å². The lowest BCUT2D eigenvalue weighted by molar-refractivity contribution is -0.0106. The monoisotopic (exact) mass is 287 g/mol. The summed E-state index contributed by atoms with van der Waals surface area (Å²) in [7, 11) is 0.475. The summed E-state index contributed by atoms with van der Waals surface area (Å²) < 4.78 is 10.4. The van der Waals surface area contributed by atoms with Crippen LogP contribution in [-0.4, -0.2) is 18.9 Å². The predicted octanol–water partition coefficient (Wildman–Crippen LogP) is 2.43. The van der Waals surface area contributed by atoms with Gasteiger partial charge in [0.1, 0.15) is 11.3 Å². The first kappa shape index (κ1) is 15.0. The van der Waals surface area contributed by atoms with Crippen LogP contribution in [0.15, 0.2) is 24.3 Å². The molecule has 0 atom stereocenters. The zero-order valence-corrected chi connectivity index (χ0v) is 11.8. The third kappa shape index (κ3) is 5.06. The van der Waals surface area contributed by atoms with E-state index < -0.39 is 5.97 Å². The molecule has 0 aliphatic carbocycles. The summed E-state index contributed by atoms with van der Waals surface area (Å²) in [6.45, 7) is 3.53. The van der Waals surface area contributed by atoms with Gasteiger partial charge in [0.15, 0.2) is 0 Å². The fraction of sp³-hybridized carbons (Fsp3) is 0.364. The fourth-order valence-electron chi connectivity index (χ4n) is 1.18. The Morgan fingerprint density at radius 1 is 1.44 bits per heavy atom. The van der Waals surface area contributed by atoms with Crippen molar-refractivity contribution < 1.29 is 19.1 Å². The van der Waals surface area contributed by atoms with Crippen molar-refractivity contribution in [2.45, 2.75) is 20.0 Å². The van der Waals surface area contributed by atoms with Crippen molar-refractivity contribution in [2.75, 3.05) is 6.79 Å². The van der Waals surface area contributed by atoms with E-state index in [2.05, 4.69) is 17.1 Å². The van der Waals surface area contributed by atoms with E-state index in [1.807, 2.05) is 0 Å². The molecule has 1 N–H and O–H groups in total. The molecule has 18 heavy (non-hydrogen) atoms. The van der Waals surface area contributed by atoms with Crippen molar-refractivity contribution in [3.63, 3.8) is 0 Å². The molecule has 0 aliphatic rings. The van der Waals surface area contributed by atoms with Crippen LogP contribution < -0.4 is 9.99 Å². The maximum Gasteiger partial charge on any atom is 0.342 e. The highest BCUT2D eigenvalue weighted by molar-refractivity contribution is 7.95. The Morgan fingerprint density at radius 3 is 2.83 bits per heavy atom. The van der Waals surface area contributed by atoms with E-state index in [9.17, 15) is 4.79 Å². The van der Waals surface area contributed by atoms with Crippen LogP contribution in [0, 0.1) is 0 Å². The lowest BCUT2D eigenvalue weighted by Crippen LogP contribution is -2.14. The minimum Gasteiger partial charge on any atom is -0.465 e. The third-order valence-corrected chi connectivity index (χ3v) is 2.25. The summed E-state index contributed by atoms with van der Waals surface area (Å²) in [6.07, 6.45) is -0.178. The summed E-state index contributed by atoms with van der Waals surface area (Å²) in [5.41, 5.74) is 0.366. The molecular formula is C11H14NO4PS. The third-order valence-electron chi connectivity index (χ3n) is 1.82. The first-order chi connectivity index (χ1) is 8.65. The molecule has 0 radical (unpaired) electrons. The molecule has 98 valence electrons. The average Bonchev–Trinajstić information content (AvgIpc) is 2.34. The minimum atomic E-state index is -0.421. The Labute approximate surface area is 112 Å². The lowest BCUT2D eigenvalue weighted by atomic mass is 10.2. The van der Waals surface area contributed by atoms with Crippen LogP contribution in [0.2, 0.25) is 0 Å². The zero-order chi connectivity index (χ0) is 13.4. The van der Waals surface area contributed by atoms with Crippen LogP contribution in [0.1, 0.15) is 24.2 Å². The van der Waals surface area contributed by atoms with Crippen molar-refractivity contribution >= 4 is 25.3 Å². The molecule has 0 unspecified atom stereocenters. The van der Waals surface area contributed by atoms with Crippen LogP contribution >= 0.6 is 7.51 Å². The summed E-state index contributed by atoms with van der Waals surface area (Å²) in [4.78, 5) is 16.6. The Bertz CT molecular complexity index is 414. The Kier molecular flexibility index (Phi) is 6.75. The molecule has 1 rings (SSSR count). The van der Waals surface area contributed by atoms with Crippen LogP contribution in [0.25, 0.3) is 0 Å². The van der Waals surface area contributed by atoms with Gasteiger partial charge in [-0.2, -0.15) is 0 Å². The van der Waals surface area contributed by atoms with E-state index in [1.54, 1.807) is 38.1 Å². The second-order valence-corrected chi connectivity index (χ2v) is 4.45. The number of carbonyl (C=O) groups is 1. The zero-order valence-electron chi connectivity index (χ0n) is 10.1. The highest BCUT2D eigenvalue weighted by Crippen LogP contribution is 2.19. The number of benzene rings is 1.